The maximum Gasteiger partial charge on any atom is 0.336 e. The average molecular weight is 396 g/mol. The van der Waals surface area contributed by atoms with Crippen LogP contribution in [0.4, 0.5) is 0 Å². The Balaban J connectivity index is 1.60. The zero-order valence-corrected chi connectivity index (χ0v) is 16.0. The maximum absolute atomic E-state index is 12.5. The molecule has 0 saturated carbocycles. The van der Waals surface area contributed by atoms with E-state index in [-0.39, 0.29) is 18.2 Å². The number of hydrogen-bond donors (Lipinski definition) is 1. The first-order valence-electron chi connectivity index (χ1n) is 9.06. The van der Waals surface area contributed by atoms with Gasteiger partial charge in [-0.25, -0.2) is 4.79 Å². The summed E-state index contributed by atoms with van der Waals surface area (Å²) in [6, 6.07) is 14.0. The second-order valence-electron chi connectivity index (χ2n) is 6.65. The summed E-state index contributed by atoms with van der Waals surface area (Å²) < 4.78 is 10.9. The van der Waals surface area contributed by atoms with Crippen molar-refractivity contribution in [1.82, 2.24) is 5.32 Å². The molecule has 2 aromatic carbocycles. The molecular formula is C22H18ClNO4. The number of carbonyl (C=O) groups is 1. The van der Waals surface area contributed by atoms with Crippen LogP contribution >= 0.6 is 11.6 Å². The molecule has 2 heterocycles. The van der Waals surface area contributed by atoms with E-state index in [9.17, 15) is 9.59 Å². The van der Waals surface area contributed by atoms with Crippen molar-refractivity contribution in [3.05, 3.63) is 80.9 Å². The molecule has 0 aliphatic heterocycles. The Labute approximate surface area is 165 Å². The number of fused-ring (bicyclic) bond motifs is 2. The van der Waals surface area contributed by atoms with Gasteiger partial charge in [0.2, 0.25) is 0 Å². The number of hydrogen-bond acceptors (Lipinski definition) is 4. The van der Waals surface area contributed by atoms with Gasteiger partial charge in [-0.1, -0.05) is 31.0 Å². The molecule has 0 bridgehead atoms. The summed E-state index contributed by atoms with van der Waals surface area (Å²) in [6.07, 6.45) is 1.95. The van der Waals surface area contributed by atoms with Gasteiger partial charge in [0.25, 0.3) is 5.91 Å². The third-order valence-corrected chi connectivity index (χ3v) is 4.81. The summed E-state index contributed by atoms with van der Waals surface area (Å²) in [5.74, 6) is -0.172. The van der Waals surface area contributed by atoms with Gasteiger partial charge >= 0.3 is 5.63 Å². The lowest BCUT2D eigenvalue weighted by Crippen LogP contribution is -2.23. The third-order valence-electron chi connectivity index (χ3n) is 4.57. The highest BCUT2D eigenvalue weighted by Crippen LogP contribution is 2.23. The van der Waals surface area contributed by atoms with Crippen LogP contribution in [0, 0.1) is 0 Å². The zero-order chi connectivity index (χ0) is 19.7. The summed E-state index contributed by atoms with van der Waals surface area (Å²) in [6.45, 7) is 2.30. The minimum Gasteiger partial charge on any atom is -0.451 e. The number of carbonyl (C=O) groups excluding carboxylic acids is 1. The highest BCUT2D eigenvalue weighted by atomic mass is 35.5. The lowest BCUT2D eigenvalue weighted by molar-refractivity contribution is 0.0925. The average Bonchev–Trinajstić information content (AvgIpc) is 3.09. The highest BCUT2D eigenvalue weighted by molar-refractivity contribution is 6.31. The van der Waals surface area contributed by atoms with Crippen LogP contribution < -0.4 is 10.9 Å². The van der Waals surface area contributed by atoms with Gasteiger partial charge in [0.15, 0.2) is 5.76 Å². The lowest BCUT2D eigenvalue weighted by Gasteiger charge is -2.08. The molecule has 142 valence electrons. The van der Waals surface area contributed by atoms with E-state index in [1.54, 1.807) is 30.3 Å². The Morgan fingerprint density at radius 1 is 1.04 bits per heavy atom. The van der Waals surface area contributed by atoms with Crippen LogP contribution in [-0.4, -0.2) is 5.91 Å². The van der Waals surface area contributed by atoms with Crippen LogP contribution in [-0.2, 0) is 13.0 Å². The van der Waals surface area contributed by atoms with Crippen molar-refractivity contribution in [2.75, 3.05) is 0 Å². The Bertz CT molecular complexity index is 1240. The molecule has 0 atom stereocenters. The molecule has 1 amide bonds. The zero-order valence-electron chi connectivity index (χ0n) is 15.3. The smallest absolute Gasteiger partial charge is 0.336 e. The van der Waals surface area contributed by atoms with Crippen LogP contribution in [0.3, 0.4) is 0 Å². The fourth-order valence-corrected chi connectivity index (χ4v) is 3.43. The fraction of sp³-hybridized carbons (Fsp3) is 0.182. The van der Waals surface area contributed by atoms with E-state index in [1.807, 2.05) is 12.1 Å². The van der Waals surface area contributed by atoms with Gasteiger partial charge in [0, 0.05) is 28.4 Å². The van der Waals surface area contributed by atoms with Gasteiger partial charge in [0.05, 0.1) is 0 Å². The molecule has 2 aromatic heterocycles. The quantitative estimate of drug-likeness (QED) is 0.478. The monoisotopic (exact) mass is 395 g/mol. The van der Waals surface area contributed by atoms with Crippen LogP contribution in [0.25, 0.3) is 21.9 Å². The first kappa shape index (κ1) is 18.3. The molecule has 0 aliphatic rings. The minimum atomic E-state index is -0.446. The topological polar surface area (TPSA) is 72.5 Å². The van der Waals surface area contributed by atoms with Crippen molar-refractivity contribution >= 4 is 39.4 Å². The summed E-state index contributed by atoms with van der Waals surface area (Å²) in [5, 5.41) is 4.97. The fourth-order valence-electron chi connectivity index (χ4n) is 3.25. The third kappa shape index (κ3) is 3.66. The van der Waals surface area contributed by atoms with Crippen molar-refractivity contribution in [1.29, 1.82) is 0 Å². The van der Waals surface area contributed by atoms with E-state index in [0.717, 1.165) is 29.2 Å². The van der Waals surface area contributed by atoms with E-state index in [1.165, 1.54) is 6.07 Å². The molecule has 4 aromatic rings. The summed E-state index contributed by atoms with van der Waals surface area (Å²) in [4.78, 5) is 24.4. The normalized spacial score (nSPS) is 11.2. The van der Waals surface area contributed by atoms with Gasteiger partial charge in [0.1, 0.15) is 11.2 Å². The Hall–Kier alpha value is -3.05. The number of halogens is 1. The predicted molar refractivity (Wildman–Crippen MR) is 109 cm³/mol. The second-order valence-corrected chi connectivity index (χ2v) is 7.08. The van der Waals surface area contributed by atoms with E-state index < -0.39 is 5.63 Å². The lowest BCUT2D eigenvalue weighted by atomic mass is 10.0. The maximum atomic E-state index is 12.5. The molecule has 0 spiro atoms. The molecule has 0 fully saturated rings. The van der Waals surface area contributed by atoms with Gasteiger partial charge in [-0.15, -0.1) is 0 Å². The van der Waals surface area contributed by atoms with Crippen molar-refractivity contribution in [3.63, 3.8) is 0 Å². The molecule has 0 saturated heterocycles. The van der Waals surface area contributed by atoms with Crippen molar-refractivity contribution in [2.45, 2.75) is 26.3 Å². The molecule has 6 heteroatoms. The van der Waals surface area contributed by atoms with E-state index in [2.05, 4.69) is 12.2 Å². The molecule has 0 aliphatic carbocycles. The van der Waals surface area contributed by atoms with Gasteiger partial charge in [-0.05, 0) is 53.9 Å². The molecule has 5 nitrogen and oxygen atoms in total. The number of nitrogens with one attached hydrogen (secondary N) is 1. The van der Waals surface area contributed by atoms with Crippen LogP contribution in [0.2, 0.25) is 5.02 Å². The Morgan fingerprint density at radius 2 is 1.86 bits per heavy atom. The van der Waals surface area contributed by atoms with E-state index >= 15 is 0 Å². The molecular weight excluding hydrogens is 378 g/mol. The second kappa shape index (κ2) is 7.52. The predicted octanol–water partition coefficient (Wildman–Crippen LogP) is 5.08. The number of amides is 1. The summed E-state index contributed by atoms with van der Waals surface area (Å²) in [7, 11) is 0. The minimum absolute atomic E-state index is 0.189. The van der Waals surface area contributed by atoms with Crippen molar-refractivity contribution < 1.29 is 13.6 Å². The molecule has 1 N–H and O–H groups in total. The van der Waals surface area contributed by atoms with Crippen molar-refractivity contribution in [2.24, 2.45) is 0 Å². The molecule has 0 radical (unpaired) electrons. The summed E-state index contributed by atoms with van der Waals surface area (Å²) in [5.41, 5.74) is 2.51. The van der Waals surface area contributed by atoms with Crippen molar-refractivity contribution in [3.8, 4) is 0 Å². The first-order chi connectivity index (χ1) is 13.5. The van der Waals surface area contributed by atoms with Gasteiger partial charge < -0.3 is 14.2 Å². The Morgan fingerprint density at radius 3 is 2.68 bits per heavy atom. The molecule has 28 heavy (non-hydrogen) atoms. The number of aryl methyl sites for hydroxylation is 1. The van der Waals surface area contributed by atoms with Gasteiger partial charge in [-0.3, -0.25) is 4.79 Å². The highest BCUT2D eigenvalue weighted by Gasteiger charge is 2.14. The summed E-state index contributed by atoms with van der Waals surface area (Å²) >= 11 is 5.97. The largest absolute Gasteiger partial charge is 0.451 e. The first-order valence-corrected chi connectivity index (χ1v) is 9.44. The SMILES string of the molecule is CCCc1ccc2oc(=O)cc(CNC(=O)c3cc4cc(Cl)ccc4o3)c2c1. The number of furan rings is 1. The Kier molecular flexibility index (Phi) is 4.92. The standard InChI is InChI=1S/C22H18ClNO4/c1-2-3-13-4-6-19-17(8-13)15(11-21(25)28-19)12-24-22(26)20-10-14-9-16(23)5-7-18(14)27-20/h4-11H,2-3,12H2,1H3,(H,24,26). The van der Waals surface area contributed by atoms with Gasteiger partial charge in [-0.2, -0.15) is 0 Å². The van der Waals surface area contributed by atoms with E-state index in [0.29, 0.717) is 21.8 Å². The van der Waals surface area contributed by atoms with E-state index in [4.69, 9.17) is 20.4 Å². The van der Waals surface area contributed by atoms with Crippen LogP contribution in [0.1, 0.15) is 35.0 Å². The van der Waals surface area contributed by atoms with Crippen LogP contribution in [0.15, 0.2) is 62.2 Å². The molecule has 0 unspecified atom stereocenters. The number of rotatable bonds is 5. The van der Waals surface area contributed by atoms with Crippen LogP contribution in [0.5, 0.6) is 0 Å². The number of benzene rings is 2. The molecule has 4 rings (SSSR count).